The molecule has 5 aromatic rings. The first-order valence-corrected chi connectivity index (χ1v) is 15.1. The highest BCUT2D eigenvalue weighted by Crippen LogP contribution is 2.43. The van der Waals surface area contributed by atoms with Crippen molar-refractivity contribution >= 4 is 62.8 Å². The van der Waals surface area contributed by atoms with Gasteiger partial charge >= 0.3 is 0 Å². The summed E-state index contributed by atoms with van der Waals surface area (Å²) in [7, 11) is 0. The van der Waals surface area contributed by atoms with Crippen LogP contribution in [0.4, 0.5) is 34.1 Å². The Morgan fingerprint density at radius 3 is 1.81 bits per heavy atom. The van der Waals surface area contributed by atoms with Gasteiger partial charge in [0, 0.05) is 34.1 Å². The molecular weight excluding hydrogens is 519 g/mol. The van der Waals surface area contributed by atoms with Crippen LogP contribution in [0.25, 0.3) is 5.57 Å². The minimum absolute atomic E-state index is 0.129. The van der Waals surface area contributed by atoms with E-state index in [1.165, 1.54) is 61.5 Å². The van der Waals surface area contributed by atoms with Gasteiger partial charge in [0.2, 0.25) is 0 Å². The van der Waals surface area contributed by atoms with Gasteiger partial charge in [-0.05, 0) is 94.5 Å². The van der Waals surface area contributed by atoms with Gasteiger partial charge in [-0.15, -0.1) is 0 Å². The third kappa shape index (κ3) is 4.53. The molecule has 0 atom stereocenters. The molecule has 0 aromatic heterocycles. The molecule has 7 rings (SSSR count). The maximum Gasteiger partial charge on any atom is 0.252 e. The lowest BCUT2D eigenvalue weighted by molar-refractivity contribution is 0.792. The Balaban J connectivity index is 1.48. The molecule has 0 fully saturated rings. The number of hydrogen-bond acceptors (Lipinski definition) is 2. The molecule has 0 aliphatic carbocycles. The molecule has 0 unspecified atom stereocenters. The van der Waals surface area contributed by atoms with Crippen LogP contribution in [-0.4, -0.2) is 6.71 Å². The summed E-state index contributed by atoms with van der Waals surface area (Å²) >= 11 is 0. The van der Waals surface area contributed by atoms with E-state index in [1.807, 2.05) is 6.08 Å². The van der Waals surface area contributed by atoms with Gasteiger partial charge < -0.3 is 9.80 Å². The van der Waals surface area contributed by atoms with E-state index in [9.17, 15) is 0 Å². The molecule has 0 radical (unpaired) electrons. The largest absolute Gasteiger partial charge is 0.311 e. The van der Waals surface area contributed by atoms with Crippen molar-refractivity contribution in [3.8, 4) is 0 Å². The minimum atomic E-state index is 0.129. The summed E-state index contributed by atoms with van der Waals surface area (Å²) in [6.45, 7) is 10.8. The normalized spacial score (nSPS) is 13.9. The number of allylic oxidation sites excluding steroid dienone is 5. The first-order chi connectivity index (χ1) is 21.1. The van der Waals surface area contributed by atoms with Crippen molar-refractivity contribution in [2.24, 2.45) is 5.92 Å². The van der Waals surface area contributed by atoms with Gasteiger partial charge in [0.1, 0.15) is 0 Å². The van der Waals surface area contributed by atoms with Crippen LogP contribution >= 0.6 is 0 Å². The summed E-state index contributed by atoms with van der Waals surface area (Å²) in [4.78, 5) is 4.88. The highest BCUT2D eigenvalue weighted by molar-refractivity contribution is 7.00. The second-order valence-electron chi connectivity index (χ2n) is 11.7. The van der Waals surface area contributed by atoms with Crippen LogP contribution in [-0.2, 0) is 0 Å². The summed E-state index contributed by atoms with van der Waals surface area (Å²) in [5.74, 6) is 0.436. The van der Waals surface area contributed by atoms with E-state index in [0.29, 0.717) is 5.92 Å². The predicted molar refractivity (Wildman–Crippen MR) is 187 cm³/mol. The first-order valence-electron chi connectivity index (χ1n) is 15.1. The third-order valence-corrected chi connectivity index (χ3v) is 8.81. The maximum atomic E-state index is 4.02. The number of hydrogen-bond donors (Lipinski definition) is 0. The minimum Gasteiger partial charge on any atom is -0.311 e. The molecule has 2 nitrogen and oxygen atoms in total. The highest BCUT2D eigenvalue weighted by Gasteiger charge is 2.42. The van der Waals surface area contributed by atoms with Crippen LogP contribution in [0.5, 0.6) is 0 Å². The smallest absolute Gasteiger partial charge is 0.252 e. The predicted octanol–water partition coefficient (Wildman–Crippen LogP) is 8.94. The van der Waals surface area contributed by atoms with Gasteiger partial charge in [-0.25, -0.2) is 0 Å². The molecule has 0 bridgehead atoms. The van der Waals surface area contributed by atoms with E-state index < -0.39 is 0 Å². The van der Waals surface area contributed by atoms with Gasteiger partial charge in [0.05, 0.1) is 0 Å². The monoisotopic (exact) mass is 554 g/mol. The summed E-state index contributed by atoms with van der Waals surface area (Å²) < 4.78 is 0. The van der Waals surface area contributed by atoms with Crippen LogP contribution in [0.3, 0.4) is 0 Å². The summed E-state index contributed by atoms with van der Waals surface area (Å²) in [6, 6.07) is 44.2. The van der Waals surface area contributed by atoms with Crippen molar-refractivity contribution in [3.05, 3.63) is 157 Å². The molecular formula is C40H35BN2. The second kappa shape index (κ2) is 11.0. The first kappa shape index (κ1) is 26.9. The quantitative estimate of drug-likeness (QED) is 0.150. The number of para-hydroxylation sites is 3. The second-order valence-corrected chi connectivity index (χ2v) is 11.7. The molecule has 2 heterocycles. The molecule has 0 saturated carbocycles. The Labute approximate surface area is 256 Å². The Morgan fingerprint density at radius 1 is 0.628 bits per heavy atom. The molecule has 208 valence electrons. The Morgan fingerprint density at radius 2 is 1.19 bits per heavy atom. The fraction of sp³-hybridized carbons (Fsp3) is 0.100. The molecule has 43 heavy (non-hydrogen) atoms. The number of nitrogens with zero attached hydrogens (tertiary/aromatic N) is 2. The molecule has 0 saturated heterocycles. The zero-order valence-corrected chi connectivity index (χ0v) is 25.0. The fourth-order valence-electron chi connectivity index (χ4n) is 6.65. The van der Waals surface area contributed by atoms with Gasteiger partial charge in [-0.1, -0.05) is 111 Å². The molecule has 3 heteroatoms. The van der Waals surface area contributed by atoms with Crippen LogP contribution in [0.1, 0.15) is 26.3 Å². The highest BCUT2D eigenvalue weighted by atomic mass is 15.2. The Bertz CT molecular complexity index is 1890. The van der Waals surface area contributed by atoms with Crippen LogP contribution in [0, 0.1) is 5.92 Å². The van der Waals surface area contributed by atoms with Crippen molar-refractivity contribution < 1.29 is 0 Å². The fourth-order valence-corrected chi connectivity index (χ4v) is 6.65. The van der Waals surface area contributed by atoms with E-state index in [4.69, 9.17) is 0 Å². The standard InChI is InChI=1S/C40H35BN2/c1-5-30(28(2)3)24-23-29(4)31-25-26-35-39(27-31)43(33-17-10-7-11-18-33)38-22-14-21-37-40(38)41(35)34-19-12-13-20-36(34)42(37)32-15-8-6-9-16-32/h5-28H,1H2,2-4H3/b29-23+,30-24+. The van der Waals surface area contributed by atoms with Crippen LogP contribution in [0.2, 0.25) is 0 Å². The Kier molecular flexibility index (Phi) is 6.87. The summed E-state index contributed by atoms with van der Waals surface area (Å²) in [5.41, 5.74) is 14.9. The number of benzene rings is 5. The van der Waals surface area contributed by atoms with Crippen LogP contribution < -0.4 is 26.2 Å². The van der Waals surface area contributed by atoms with Crippen LogP contribution in [0.15, 0.2) is 152 Å². The van der Waals surface area contributed by atoms with Gasteiger partial charge in [0.15, 0.2) is 0 Å². The molecule has 2 aliphatic rings. The molecule has 0 N–H and O–H groups in total. The topological polar surface area (TPSA) is 6.48 Å². The van der Waals surface area contributed by atoms with E-state index in [-0.39, 0.29) is 6.71 Å². The summed E-state index contributed by atoms with van der Waals surface area (Å²) in [5, 5.41) is 0. The van der Waals surface area contributed by atoms with E-state index in [0.717, 1.165) is 5.69 Å². The van der Waals surface area contributed by atoms with E-state index in [1.54, 1.807) is 0 Å². The zero-order chi connectivity index (χ0) is 29.5. The molecule has 2 aliphatic heterocycles. The number of anilines is 6. The van der Waals surface area contributed by atoms with Crippen molar-refractivity contribution in [3.63, 3.8) is 0 Å². The van der Waals surface area contributed by atoms with Gasteiger partial charge in [-0.3, -0.25) is 0 Å². The molecule has 0 amide bonds. The third-order valence-electron chi connectivity index (χ3n) is 8.81. The lowest BCUT2D eigenvalue weighted by Gasteiger charge is -2.44. The van der Waals surface area contributed by atoms with Gasteiger partial charge in [-0.2, -0.15) is 0 Å². The van der Waals surface area contributed by atoms with E-state index >= 15 is 0 Å². The maximum absolute atomic E-state index is 4.02. The zero-order valence-electron chi connectivity index (χ0n) is 25.0. The average molecular weight is 555 g/mol. The van der Waals surface area contributed by atoms with E-state index in [2.05, 4.69) is 171 Å². The molecule has 0 spiro atoms. The molecule has 5 aromatic carbocycles. The number of fused-ring (bicyclic) bond motifs is 4. The SMILES string of the molecule is C=C/C(=C\C=C(/C)c1ccc2c(c1)N(c1ccccc1)c1cccc3c1B2c1ccccc1N3c1ccccc1)C(C)C. The lowest BCUT2D eigenvalue weighted by atomic mass is 9.33. The number of rotatable bonds is 6. The van der Waals surface area contributed by atoms with Crippen molar-refractivity contribution in [2.45, 2.75) is 20.8 Å². The van der Waals surface area contributed by atoms with Crippen molar-refractivity contribution in [1.29, 1.82) is 0 Å². The average Bonchev–Trinajstić information content (AvgIpc) is 3.05. The summed E-state index contributed by atoms with van der Waals surface area (Å²) in [6.07, 6.45) is 6.40. The lowest BCUT2D eigenvalue weighted by Crippen LogP contribution is -2.61. The Hall–Kier alpha value is -5.02. The van der Waals surface area contributed by atoms with Gasteiger partial charge in [0.25, 0.3) is 6.71 Å². The van der Waals surface area contributed by atoms with Crippen molar-refractivity contribution in [1.82, 2.24) is 0 Å². The van der Waals surface area contributed by atoms with Crippen molar-refractivity contribution in [2.75, 3.05) is 9.80 Å².